The van der Waals surface area contributed by atoms with Crippen molar-refractivity contribution in [2.45, 2.75) is 13.3 Å². The summed E-state index contributed by atoms with van der Waals surface area (Å²) in [6, 6.07) is -0.684. The van der Waals surface area contributed by atoms with E-state index in [0.717, 1.165) is 18.0 Å². The predicted octanol–water partition coefficient (Wildman–Crippen LogP) is -0.833. The van der Waals surface area contributed by atoms with Gasteiger partial charge in [-0.1, -0.05) is 6.92 Å². The predicted molar refractivity (Wildman–Crippen MR) is 63.4 cm³/mol. The van der Waals surface area contributed by atoms with Gasteiger partial charge in [0.25, 0.3) is 0 Å². The number of urea groups is 1. The highest BCUT2D eigenvalue weighted by Crippen LogP contribution is 1.90. The number of carboxylic acids is 2. The summed E-state index contributed by atoms with van der Waals surface area (Å²) in [4.78, 5) is 33.2. The van der Waals surface area contributed by atoms with Gasteiger partial charge in [0.05, 0.1) is 0 Å². The summed E-state index contributed by atoms with van der Waals surface area (Å²) in [5, 5.41) is 22.7. The molecule has 0 saturated carbocycles. The average molecular weight is 261 g/mol. The average Bonchev–Trinajstić information content (AvgIpc) is 2.26. The van der Waals surface area contributed by atoms with Gasteiger partial charge in [0.1, 0.15) is 13.1 Å². The number of hydrogen-bond acceptors (Lipinski definition) is 4. The van der Waals surface area contributed by atoms with E-state index in [1.165, 1.54) is 0 Å². The number of hydrogen-bond donors (Lipinski definition) is 4. The zero-order valence-electron chi connectivity index (χ0n) is 10.3. The van der Waals surface area contributed by atoms with Gasteiger partial charge in [-0.15, -0.1) is 0 Å². The summed E-state index contributed by atoms with van der Waals surface area (Å²) in [7, 11) is 0. The molecule has 8 heteroatoms. The lowest BCUT2D eigenvalue weighted by Gasteiger charge is -2.19. The molecule has 0 rings (SSSR count). The molecule has 8 nitrogen and oxygen atoms in total. The maximum absolute atomic E-state index is 11.5. The Morgan fingerprint density at radius 1 is 1.06 bits per heavy atom. The van der Waals surface area contributed by atoms with Gasteiger partial charge in [0.2, 0.25) is 0 Å². The summed E-state index contributed by atoms with van der Waals surface area (Å²) >= 11 is 0. The zero-order valence-corrected chi connectivity index (χ0v) is 10.3. The summed E-state index contributed by atoms with van der Waals surface area (Å²) in [6.45, 7) is 2.62. The van der Waals surface area contributed by atoms with Crippen LogP contribution in [0.2, 0.25) is 0 Å². The highest BCUT2D eigenvalue weighted by atomic mass is 16.4. The molecular formula is C10H19N3O5. The van der Waals surface area contributed by atoms with Crippen LogP contribution in [0.4, 0.5) is 4.79 Å². The van der Waals surface area contributed by atoms with E-state index >= 15 is 0 Å². The Kier molecular flexibility index (Phi) is 8.29. The number of carbonyl (C=O) groups is 3. The molecule has 0 aromatic carbocycles. The summed E-state index contributed by atoms with van der Waals surface area (Å²) < 4.78 is 0. The van der Waals surface area contributed by atoms with Gasteiger partial charge in [-0.2, -0.15) is 0 Å². The minimum atomic E-state index is -1.25. The Labute approximate surface area is 105 Å². The van der Waals surface area contributed by atoms with Crippen LogP contribution in [-0.4, -0.2) is 65.8 Å². The van der Waals surface area contributed by atoms with Crippen LogP contribution in [0, 0.1) is 0 Å². The Morgan fingerprint density at radius 2 is 1.61 bits per heavy atom. The van der Waals surface area contributed by atoms with Gasteiger partial charge in [-0.05, 0) is 19.5 Å². The van der Waals surface area contributed by atoms with Crippen molar-refractivity contribution >= 4 is 18.0 Å². The van der Waals surface area contributed by atoms with Crippen molar-refractivity contribution in [3.8, 4) is 0 Å². The second-order valence-electron chi connectivity index (χ2n) is 3.58. The molecule has 0 aliphatic rings. The van der Waals surface area contributed by atoms with Crippen molar-refractivity contribution < 1.29 is 24.6 Å². The number of nitrogens with zero attached hydrogens (tertiary/aromatic N) is 1. The number of carboxylic acid groups (broad SMARTS) is 2. The van der Waals surface area contributed by atoms with Crippen LogP contribution >= 0.6 is 0 Å². The van der Waals surface area contributed by atoms with E-state index in [1.807, 2.05) is 6.92 Å². The monoisotopic (exact) mass is 261 g/mol. The summed E-state index contributed by atoms with van der Waals surface area (Å²) in [5.41, 5.74) is 0. The summed E-state index contributed by atoms with van der Waals surface area (Å²) in [6.07, 6.45) is 0.688. The first-order valence-corrected chi connectivity index (χ1v) is 5.64. The van der Waals surface area contributed by atoms with E-state index in [0.29, 0.717) is 13.0 Å². The van der Waals surface area contributed by atoms with E-state index in [2.05, 4.69) is 10.6 Å². The largest absolute Gasteiger partial charge is 0.480 e. The first-order valence-electron chi connectivity index (χ1n) is 5.64. The van der Waals surface area contributed by atoms with E-state index in [1.54, 1.807) is 0 Å². The number of carbonyl (C=O) groups excluding carboxylic acids is 1. The van der Waals surface area contributed by atoms with Gasteiger partial charge in [-0.25, -0.2) is 4.79 Å². The van der Waals surface area contributed by atoms with Crippen LogP contribution < -0.4 is 10.6 Å². The molecule has 0 saturated heterocycles. The molecule has 0 spiro atoms. The fourth-order valence-electron chi connectivity index (χ4n) is 1.22. The number of rotatable bonds is 9. The summed E-state index contributed by atoms with van der Waals surface area (Å²) in [5.74, 6) is -2.50. The lowest BCUT2D eigenvalue weighted by Crippen LogP contribution is -2.45. The van der Waals surface area contributed by atoms with Crippen molar-refractivity contribution in [2.75, 3.05) is 32.7 Å². The first kappa shape index (κ1) is 16.2. The highest BCUT2D eigenvalue weighted by molar-refractivity contribution is 5.84. The van der Waals surface area contributed by atoms with Crippen LogP contribution in [0.1, 0.15) is 13.3 Å². The molecule has 0 fully saturated rings. The topological polar surface area (TPSA) is 119 Å². The molecule has 0 aliphatic heterocycles. The molecule has 0 bridgehead atoms. The Balaban J connectivity index is 4.04. The van der Waals surface area contributed by atoms with E-state index in [4.69, 9.17) is 10.2 Å². The third kappa shape index (κ3) is 8.34. The Bertz CT molecular complexity index is 279. The quantitative estimate of drug-likeness (QED) is 0.402. The maximum Gasteiger partial charge on any atom is 0.323 e. The van der Waals surface area contributed by atoms with E-state index in [-0.39, 0.29) is 0 Å². The normalized spacial score (nSPS) is 9.83. The molecule has 0 aromatic heterocycles. The van der Waals surface area contributed by atoms with Crippen LogP contribution in [0.25, 0.3) is 0 Å². The molecule has 18 heavy (non-hydrogen) atoms. The first-order chi connectivity index (χ1) is 8.47. The van der Waals surface area contributed by atoms with Crippen LogP contribution in [0.3, 0.4) is 0 Å². The SMILES string of the molecule is CCNCCCNC(=O)N(CC(=O)O)CC(=O)O. The molecule has 0 aliphatic carbocycles. The van der Waals surface area contributed by atoms with Crippen molar-refractivity contribution in [3.05, 3.63) is 0 Å². The molecule has 0 radical (unpaired) electrons. The van der Waals surface area contributed by atoms with Crippen molar-refractivity contribution in [1.29, 1.82) is 0 Å². The number of amides is 2. The zero-order chi connectivity index (χ0) is 14.0. The van der Waals surface area contributed by atoms with Gasteiger partial charge in [-0.3, -0.25) is 9.59 Å². The fourth-order valence-corrected chi connectivity index (χ4v) is 1.22. The lowest BCUT2D eigenvalue weighted by molar-refractivity contribution is -0.140. The van der Waals surface area contributed by atoms with E-state index in [9.17, 15) is 14.4 Å². The highest BCUT2D eigenvalue weighted by Gasteiger charge is 2.18. The molecular weight excluding hydrogens is 242 g/mol. The third-order valence-corrected chi connectivity index (χ3v) is 2.00. The molecule has 104 valence electrons. The number of aliphatic carboxylic acids is 2. The standard InChI is InChI=1S/C10H19N3O5/c1-2-11-4-3-5-12-10(18)13(6-8(14)15)7-9(16)17/h11H,2-7H2,1H3,(H,12,18)(H,14,15)(H,16,17). The number of nitrogens with one attached hydrogen (secondary N) is 2. The Hall–Kier alpha value is -1.83. The third-order valence-electron chi connectivity index (χ3n) is 2.00. The van der Waals surface area contributed by atoms with Crippen LogP contribution in [0.15, 0.2) is 0 Å². The second kappa shape index (κ2) is 9.23. The van der Waals surface area contributed by atoms with Crippen LogP contribution in [0.5, 0.6) is 0 Å². The Morgan fingerprint density at radius 3 is 2.06 bits per heavy atom. The molecule has 0 atom stereocenters. The molecule has 0 unspecified atom stereocenters. The van der Waals surface area contributed by atoms with E-state index < -0.39 is 31.1 Å². The van der Waals surface area contributed by atoms with Crippen molar-refractivity contribution in [1.82, 2.24) is 15.5 Å². The van der Waals surface area contributed by atoms with Crippen molar-refractivity contribution in [3.63, 3.8) is 0 Å². The van der Waals surface area contributed by atoms with Gasteiger partial charge in [0, 0.05) is 6.54 Å². The van der Waals surface area contributed by atoms with Gasteiger partial charge in [0.15, 0.2) is 0 Å². The molecule has 4 N–H and O–H groups in total. The smallest absolute Gasteiger partial charge is 0.323 e. The maximum atomic E-state index is 11.5. The molecule has 0 heterocycles. The lowest BCUT2D eigenvalue weighted by atomic mass is 10.4. The van der Waals surface area contributed by atoms with Crippen LogP contribution in [-0.2, 0) is 9.59 Å². The van der Waals surface area contributed by atoms with Crippen molar-refractivity contribution in [2.24, 2.45) is 0 Å². The molecule has 0 aromatic rings. The van der Waals surface area contributed by atoms with Gasteiger partial charge >= 0.3 is 18.0 Å². The second-order valence-corrected chi connectivity index (χ2v) is 3.58. The minimum Gasteiger partial charge on any atom is -0.480 e. The molecule has 2 amide bonds. The minimum absolute atomic E-state index is 0.363. The van der Waals surface area contributed by atoms with Gasteiger partial charge < -0.3 is 25.7 Å². The fraction of sp³-hybridized carbons (Fsp3) is 0.700.